The third-order valence-corrected chi connectivity index (χ3v) is 3.18. The molecule has 0 aromatic heterocycles. The fraction of sp³-hybridized carbons (Fsp3) is 0.500. The number of nitrogens with zero attached hydrogens (tertiary/aromatic N) is 1. The first kappa shape index (κ1) is 14.0. The Hall–Kier alpha value is -1.43. The fourth-order valence-electron chi connectivity index (χ4n) is 2.19. The Morgan fingerprint density at radius 2 is 2.21 bits per heavy atom. The van der Waals surface area contributed by atoms with Gasteiger partial charge in [0.1, 0.15) is 0 Å². The molecule has 1 unspecified atom stereocenters. The topological polar surface area (TPSA) is 67.6 Å². The van der Waals surface area contributed by atoms with Crippen molar-refractivity contribution < 1.29 is 9.53 Å². The average molecular weight is 263 g/mol. The van der Waals surface area contributed by atoms with Crippen LogP contribution in [0.25, 0.3) is 0 Å². The molecule has 0 spiro atoms. The lowest BCUT2D eigenvalue weighted by molar-refractivity contribution is -0.121. The zero-order chi connectivity index (χ0) is 13.5. The van der Waals surface area contributed by atoms with Crippen LogP contribution in [0.5, 0.6) is 0 Å². The molecule has 0 radical (unpaired) electrons. The molecule has 1 saturated heterocycles. The van der Waals surface area contributed by atoms with Crippen LogP contribution in [0.3, 0.4) is 0 Å². The lowest BCUT2D eigenvalue weighted by Gasteiger charge is -2.33. The van der Waals surface area contributed by atoms with Crippen LogP contribution in [0.1, 0.15) is 5.56 Å². The number of nitrogens with two attached hydrogens (primary N) is 1. The molecule has 5 nitrogen and oxygen atoms in total. The maximum atomic E-state index is 11.1. The fourth-order valence-corrected chi connectivity index (χ4v) is 2.19. The van der Waals surface area contributed by atoms with Crippen molar-refractivity contribution in [2.24, 2.45) is 5.73 Å². The normalized spacial score (nSPS) is 20.2. The third-order valence-electron chi connectivity index (χ3n) is 3.18. The van der Waals surface area contributed by atoms with E-state index in [-0.39, 0.29) is 18.6 Å². The number of benzene rings is 1. The van der Waals surface area contributed by atoms with E-state index in [1.807, 2.05) is 6.07 Å². The maximum absolute atomic E-state index is 11.1. The number of rotatable bonds is 5. The smallest absolute Gasteiger partial charge is 0.233 e. The molecule has 1 aliphatic rings. The van der Waals surface area contributed by atoms with Crippen molar-refractivity contribution in [1.29, 1.82) is 0 Å². The maximum Gasteiger partial charge on any atom is 0.233 e. The largest absolute Gasteiger partial charge is 0.374 e. The van der Waals surface area contributed by atoms with Crippen LogP contribution in [0, 0.1) is 0 Å². The molecule has 5 heteroatoms. The zero-order valence-electron chi connectivity index (χ0n) is 11.0. The molecule has 1 aromatic rings. The number of nitrogens with one attached hydrogen (secondary N) is 1. The Morgan fingerprint density at radius 3 is 2.95 bits per heavy atom. The van der Waals surface area contributed by atoms with Crippen molar-refractivity contribution in [3.8, 4) is 0 Å². The van der Waals surface area contributed by atoms with E-state index in [1.165, 1.54) is 5.56 Å². The van der Waals surface area contributed by atoms with Crippen molar-refractivity contribution in [3.63, 3.8) is 0 Å². The number of ether oxygens (including phenoxy) is 1. The van der Waals surface area contributed by atoms with Crippen LogP contribution in [0.2, 0.25) is 0 Å². The molecule has 1 fully saturated rings. The molecule has 1 amide bonds. The summed E-state index contributed by atoms with van der Waals surface area (Å²) in [5.41, 5.74) is 6.55. The number of hydrogen-bond donors (Lipinski definition) is 2. The van der Waals surface area contributed by atoms with Gasteiger partial charge in [0.05, 0.1) is 19.3 Å². The molecule has 1 heterocycles. The minimum absolute atomic E-state index is 0.0282. The van der Waals surface area contributed by atoms with Crippen LogP contribution < -0.4 is 11.1 Å². The second-order valence-electron chi connectivity index (χ2n) is 4.72. The van der Waals surface area contributed by atoms with Crippen LogP contribution >= 0.6 is 0 Å². The molecule has 104 valence electrons. The van der Waals surface area contributed by atoms with Gasteiger partial charge in [0.2, 0.25) is 5.91 Å². The van der Waals surface area contributed by atoms with E-state index in [9.17, 15) is 4.79 Å². The van der Waals surface area contributed by atoms with E-state index < -0.39 is 0 Å². The van der Waals surface area contributed by atoms with E-state index in [1.54, 1.807) is 0 Å². The van der Waals surface area contributed by atoms with Gasteiger partial charge in [0, 0.05) is 26.2 Å². The van der Waals surface area contributed by atoms with E-state index in [2.05, 4.69) is 34.5 Å². The molecule has 0 bridgehead atoms. The number of morpholine rings is 1. The summed E-state index contributed by atoms with van der Waals surface area (Å²) in [6.07, 6.45) is 0.0490. The van der Waals surface area contributed by atoms with E-state index in [0.29, 0.717) is 13.2 Å². The number of hydrogen-bond acceptors (Lipinski definition) is 4. The van der Waals surface area contributed by atoms with Gasteiger partial charge < -0.3 is 15.8 Å². The van der Waals surface area contributed by atoms with Gasteiger partial charge in [0.25, 0.3) is 0 Å². The van der Waals surface area contributed by atoms with Crippen LogP contribution in [-0.4, -0.2) is 49.7 Å². The predicted octanol–water partition coefficient (Wildman–Crippen LogP) is -0.0377. The highest BCUT2D eigenvalue weighted by molar-refractivity contribution is 5.77. The van der Waals surface area contributed by atoms with Crippen molar-refractivity contribution in [1.82, 2.24) is 10.2 Å². The second kappa shape index (κ2) is 7.23. The first-order chi connectivity index (χ1) is 9.28. The van der Waals surface area contributed by atoms with Crippen LogP contribution in [0.15, 0.2) is 30.3 Å². The standard InChI is InChI=1S/C14H21N3O2/c15-8-14(18)16-9-13-11-17(6-7-19-13)10-12-4-2-1-3-5-12/h1-5,13H,6-11,15H2,(H,16,18). The highest BCUT2D eigenvalue weighted by Gasteiger charge is 2.20. The number of carbonyl (C=O) groups is 1. The molecule has 2 rings (SSSR count). The van der Waals surface area contributed by atoms with E-state index >= 15 is 0 Å². The monoisotopic (exact) mass is 263 g/mol. The SMILES string of the molecule is NCC(=O)NCC1CN(Cc2ccccc2)CCO1. The highest BCUT2D eigenvalue weighted by Crippen LogP contribution is 2.09. The Morgan fingerprint density at radius 1 is 1.42 bits per heavy atom. The average Bonchev–Trinajstić information content (AvgIpc) is 2.46. The number of carbonyl (C=O) groups excluding carboxylic acids is 1. The summed E-state index contributed by atoms with van der Waals surface area (Å²) >= 11 is 0. The Kier molecular flexibility index (Phi) is 5.32. The molecule has 19 heavy (non-hydrogen) atoms. The quantitative estimate of drug-likeness (QED) is 0.782. The minimum Gasteiger partial charge on any atom is -0.374 e. The Balaban J connectivity index is 1.79. The van der Waals surface area contributed by atoms with Gasteiger partial charge in [0.15, 0.2) is 0 Å². The summed E-state index contributed by atoms with van der Waals surface area (Å²) in [4.78, 5) is 13.5. The lowest BCUT2D eigenvalue weighted by Crippen LogP contribution is -2.47. The summed E-state index contributed by atoms with van der Waals surface area (Å²) in [6, 6.07) is 10.4. The van der Waals surface area contributed by atoms with Crippen molar-refractivity contribution >= 4 is 5.91 Å². The van der Waals surface area contributed by atoms with Gasteiger partial charge in [-0.15, -0.1) is 0 Å². The lowest BCUT2D eigenvalue weighted by atomic mass is 10.2. The molecule has 0 saturated carbocycles. The van der Waals surface area contributed by atoms with Gasteiger partial charge in [-0.3, -0.25) is 9.69 Å². The first-order valence-electron chi connectivity index (χ1n) is 6.62. The van der Waals surface area contributed by atoms with Gasteiger partial charge in [-0.25, -0.2) is 0 Å². The summed E-state index contributed by atoms with van der Waals surface area (Å²) in [7, 11) is 0. The summed E-state index contributed by atoms with van der Waals surface area (Å²) in [5.74, 6) is -0.135. The van der Waals surface area contributed by atoms with Gasteiger partial charge >= 0.3 is 0 Å². The van der Waals surface area contributed by atoms with Crippen LogP contribution in [-0.2, 0) is 16.1 Å². The Bertz CT molecular complexity index is 397. The van der Waals surface area contributed by atoms with Crippen molar-refractivity contribution in [2.45, 2.75) is 12.6 Å². The number of amides is 1. The van der Waals surface area contributed by atoms with Gasteiger partial charge in [-0.05, 0) is 5.56 Å². The minimum atomic E-state index is -0.135. The molecule has 1 aliphatic heterocycles. The molecular formula is C14H21N3O2. The zero-order valence-corrected chi connectivity index (χ0v) is 11.0. The molecule has 1 atom stereocenters. The van der Waals surface area contributed by atoms with E-state index in [4.69, 9.17) is 10.5 Å². The second-order valence-corrected chi connectivity index (χ2v) is 4.72. The summed E-state index contributed by atoms with van der Waals surface area (Å²) in [6.45, 7) is 3.94. The van der Waals surface area contributed by atoms with Crippen molar-refractivity contribution in [3.05, 3.63) is 35.9 Å². The summed E-state index contributed by atoms with van der Waals surface area (Å²) in [5, 5.41) is 2.77. The highest BCUT2D eigenvalue weighted by atomic mass is 16.5. The third kappa shape index (κ3) is 4.63. The van der Waals surface area contributed by atoms with E-state index in [0.717, 1.165) is 19.6 Å². The Labute approximate surface area is 113 Å². The predicted molar refractivity (Wildman–Crippen MR) is 73.5 cm³/mol. The molecule has 3 N–H and O–H groups in total. The molecule has 0 aliphatic carbocycles. The molecule has 1 aromatic carbocycles. The van der Waals surface area contributed by atoms with Gasteiger partial charge in [-0.2, -0.15) is 0 Å². The molecular weight excluding hydrogens is 242 g/mol. The van der Waals surface area contributed by atoms with Gasteiger partial charge in [-0.1, -0.05) is 30.3 Å². The van der Waals surface area contributed by atoms with Crippen LogP contribution in [0.4, 0.5) is 0 Å². The van der Waals surface area contributed by atoms with Crippen molar-refractivity contribution in [2.75, 3.05) is 32.8 Å². The first-order valence-corrected chi connectivity index (χ1v) is 6.62. The summed E-state index contributed by atoms with van der Waals surface area (Å²) < 4.78 is 5.64.